The van der Waals surface area contributed by atoms with Crippen LogP contribution in [0.4, 0.5) is 5.82 Å². The van der Waals surface area contributed by atoms with Gasteiger partial charge in [-0.1, -0.05) is 12.1 Å². The Kier molecular flexibility index (Phi) is 3.80. The zero-order chi connectivity index (χ0) is 18.3. The Bertz CT molecular complexity index is 1130. The lowest BCUT2D eigenvalue weighted by Crippen LogP contribution is -2.18. The van der Waals surface area contributed by atoms with Crippen molar-refractivity contribution in [2.75, 3.05) is 12.4 Å². The number of aryl methyl sites for hydroxylation is 1. The van der Waals surface area contributed by atoms with Crippen LogP contribution in [-0.2, 0) is 18.4 Å². The third-order valence-electron chi connectivity index (χ3n) is 4.16. The fraction of sp³-hybridized carbons (Fsp3) is 0.222. The van der Waals surface area contributed by atoms with Crippen LogP contribution in [0.15, 0.2) is 35.0 Å². The van der Waals surface area contributed by atoms with Crippen LogP contribution in [0.5, 0.6) is 0 Å². The minimum Gasteiger partial charge on any atom is -0.418 e. The maximum atomic E-state index is 11.1. The van der Waals surface area contributed by atoms with Crippen molar-refractivity contribution in [3.8, 4) is 11.5 Å². The van der Waals surface area contributed by atoms with E-state index in [9.17, 15) is 4.79 Å². The topological polar surface area (TPSA) is 97.9 Å². The first-order valence-electron chi connectivity index (χ1n) is 8.20. The maximum absolute atomic E-state index is 11.1. The van der Waals surface area contributed by atoms with Gasteiger partial charge >= 0.3 is 0 Å². The molecule has 0 aliphatic heterocycles. The van der Waals surface area contributed by atoms with Crippen molar-refractivity contribution in [3.63, 3.8) is 0 Å². The monoisotopic (exact) mass is 350 g/mol. The van der Waals surface area contributed by atoms with Gasteiger partial charge in [-0.3, -0.25) is 4.79 Å². The molecule has 3 aromatic heterocycles. The van der Waals surface area contributed by atoms with Gasteiger partial charge in [-0.25, -0.2) is 9.97 Å². The minimum absolute atomic E-state index is 0.0698. The fourth-order valence-electron chi connectivity index (χ4n) is 2.92. The van der Waals surface area contributed by atoms with E-state index >= 15 is 0 Å². The Labute approximate surface area is 149 Å². The van der Waals surface area contributed by atoms with E-state index in [1.807, 2.05) is 35.9 Å². The molecule has 26 heavy (non-hydrogen) atoms. The standard InChI is InChI=1S/C18H18N6O2/c1-10(25)20-8-11-5-4-6-12(7-11)17-22-14-15-13(21-9-24(15)3)16(19-2)23-18(14)26-17/h4-7,9H,8H2,1-3H3,(H,19,23)(H,20,25). The predicted molar refractivity (Wildman–Crippen MR) is 98.6 cm³/mol. The Balaban J connectivity index is 1.83. The molecular weight excluding hydrogens is 332 g/mol. The van der Waals surface area contributed by atoms with Crippen LogP contribution >= 0.6 is 0 Å². The summed E-state index contributed by atoms with van der Waals surface area (Å²) in [4.78, 5) is 24.6. The Hall–Kier alpha value is -3.42. The number of nitrogens with zero attached hydrogens (tertiary/aromatic N) is 4. The van der Waals surface area contributed by atoms with Gasteiger partial charge in [0, 0.05) is 33.1 Å². The second-order valence-electron chi connectivity index (χ2n) is 6.05. The molecule has 0 fully saturated rings. The highest BCUT2D eigenvalue weighted by molar-refractivity contribution is 6.03. The first-order valence-corrected chi connectivity index (χ1v) is 8.20. The zero-order valence-electron chi connectivity index (χ0n) is 14.7. The smallest absolute Gasteiger partial charge is 0.251 e. The van der Waals surface area contributed by atoms with Crippen molar-refractivity contribution in [1.29, 1.82) is 0 Å². The summed E-state index contributed by atoms with van der Waals surface area (Å²) in [7, 11) is 3.71. The number of rotatable bonds is 4. The average molecular weight is 350 g/mol. The molecule has 0 spiro atoms. The Morgan fingerprint density at radius 2 is 2.12 bits per heavy atom. The molecular formula is C18H18N6O2. The van der Waals surface area contributed by atoms with E-state index < -0.39 is 0 Å². The minimum atomic E-state index is -0.0698. The molecule has 4 aromatic rings. The molecule has 0 bridgehead atoms. The van der Waals surface area contributed by atoms with Crippen LogP contribution in [0, 0.1) is 0 Å². The van der Waals surface area contributed by atoms with Crippen molar-refractivity contribution in [2.24, 2.45) is 7.05 Å². The molecule has 8 heteroatoms. The lowest BCUT2D eigenvalue weighted by atomic mass is 10.1. The number of hydrogen-bond donors (Lipinski definition) is 2. The quantitative estimate of drug-likeness (QED) is 0.587. The van der Waals surface area contributed by atoms with Crippen LogP contribution in [0.1, 0.15) is 12.5 Å². The van der Waals surface area contributed by atoms with Crippen LogP contribution in [0.2, 0.25) is 0 Å². The van der Waals surface area contributed by atoms with Crippen LogP contribution < -0.4 is 10.6 Å². The molecule has 0 saturated heterocycles. The molecule has 0 saturated carbocycles. The molecule has 0 aliphatic carbocycles. The van der Waals surface area contributed by atoms with E-state index in [2.05, 4.69) is 25.6 Å². The van der Waals surface area contributed by atoms with Crippen molar-refractivity contribution in [3.05, 3.63) is 36.2 Å². The van der Waals surface area contributed by atoms with Gasteiger partial charge in [-0.05, 0) is 17.7 Å². The first-order chi connectivity index (χ1) is 12.6. The molecule has 4 rings (SSSR count). The average Bonchev–Trinajstić information content (AvgIpc) is 3.23. The largest absolute Gasteiger partial charge is 0.418 e. The number of carbonyl (C=O) groups excluding carboxylic acids is 1. The van der Waals surface area contributed by atoms with Crippen molar-refractivity contribution < 1.29 is 9.21 Å². The van der Waals surface area contributed by atoms with E-state index in [1.165, 1.54) is 6.92 Å². The number of benzene rings is 1. The molecule has 0 atom stereocenters. The zero-order valence-corrected chi connectivity index (χ0v) is 14.7. The summed E-state index contributed by atoms with van der Waals surface area (Å²) in [6, 6.07) is 7.72. The van der Waals surface area contributed by atoms with E-state index in [0.717, 1.165) is 22.2 Å². The molecule has 2 N–H and O–H groups in total. The molecule has 132 valence electrons. The highest BCUT2D eigenvalue weighted by atomic mass is 16.4. The molecule has 1 aromatic carbocycles. The molecule has 8 nitrogen and oxygen atoms in total. The number of nitrogens with one attached hydrogen (secondary N) is 2. The van der Waals surface area contributed by atoms with Gasteiger partial charge in [0.1, 0.15) is 11.0 Å². The highest BCUT2D eigenvalue weighted by Gasteiger charge is 2.18. The Morgan fingerprint density at radius 3 is 2.88 bits per heavy atom. The third-order valence-corrected chi connectivity index (χ3v) is 4.16. The lowest BCUT2D eigenvalue weighted by molar-refractivity contribution is -0.119. The number of hydrogen-bond acceptors (Lipinski definition) is 6. The van der Waals surface area contributed by atoms with Crippen LogP contribution in [-0.4, -0.2) is 32.5 Å². The lowest BCUT2D eigenvalue weighted by Gasteiger charge is -2.03. The number of imidazole rings is 1. The number of aromatic nitrogens is 4. The van der Waals surface area contributed by atoms with Crippen molar-refractivity contribution in [2.45, 2.75) is 13.5 Å². The third kappa shape index (κ3) is 2.65. The molecule has 1 amide bonds. The molecule has 0 aliphatic rings. The van der Waals surface area contributed by atoms with Crippen molar-refractivity contribution in [1.82, 2.24) is 24.8 Å². The number of carbonyl (C=O) groups is 1. The van der Waals surface area contributed by atoms with Gasteiger partial charge in [-0.2, -0.15) is 4.98 Å². The number of fused-ring (bicyclic) bond motifs is 3. The number of anilines is 1. The second kappa shape index (κ2) is 6.14. The van der Waals surface area contributed by atoms with E-state index in [-0.39, 0.29) is 5.91 Å². The van der Waals surface area contributed by atoms with E-state index in [1.54, 1.807) is 13.4 Å². The summed E-state index contributed by atoms with van der Waals surface area (Å²) < 4.78 is 7.82. The number of pyridine rings is 1. The van der Waals surface area contributed by atoms with Gasteiger partial charge in [0.05, 0.1) is 6.33 Å². The first kappa shape index (κ1) is 16.1. The number of oxazole rings is 1. The predicted octanol–water partition coefficient (Wildman–Crippen LogP) is 2.45. The molecule has 0 unspecified atom stereocenters. The summed E-state index contributed by atoms with van der Waals surface area (Å²) in [6.07, 6.45) is 1.73. The fourth-order valence-corrected chi connectivity index (χ4v) is 2.92. The normalized spacial score (nSPS) is 11.2. The van der Waals surface area contributed by atoms with Gasteiger partial charge < -0.3 is 19.6 Å². The van der Waals surface area contributed by atoms with E-state index in [4.69, 9.17) is 4.42 Å². The second-order valence-corrected chi connectivity index (χ2v) is 6.05. The van der Waals surface area contributed by atoms with Gasteiger partial charge in [0.2, 0.25) is 11.8 Å². The summed E-state index contributed by atoms with van der Waals surface area (Å²) in [5.41, 5.74) is 4.53. The summed E-state index contributed by atoms with van der Waals surface area (Å²) in [5, 5.41) is 5.83. The van der Waals surface area contributed by atoms with Gasteiger partial charge in [0.15, 0.2) is 11.3 Å². The highest BCUT2D eigenvalue weighted by Crippen LogP contribution is 2.31. The van der Waals surface area contributed by atoms with Crippen LogP contribution in [0.3, 0.4) is 0 Å². The van der Waals surface area contributed by atoms with Gasteiger partial charge in [-0.15, -0.1) is 0 Å². The molecule has 3 heterocycles. The Morgan fingerprint density at radius 1 is 1.27 bits per heavy atom. The van der Waals surface area contributed by atoms with Crippen molar-refractivity contribution >= 4 is 34.0 Å². The van der Waals surface area contributed by atoms with Gasteiger partial charge in [0.25, 0.3) is 5.71 Å². The summed E-state index contributed by atoms with van der Waals surface area (Å²) in [5.74, 6) is 1.06. The number of amides is 1. The SMILES string of the molecule is CNc1nc2oc(-c3cccc(CNC(C)=O)c3)nc2c2c1ncn2C. The summed E-state index contributed by atoms with van der Waals surface area (Å²) >= 11 is 0. The summed E-state index contributed by atoms with van der Waals surface area (Å²) in [6.45, 7) is 1.95. The molecule has 0 radical (unpaired) electrons. The maximum Gasteiger partial charge on any atom is 0.251 e. The van der Waals surface area contributed by atoms with Crippen LogP contribution in [0.25, 0.3) is 33.7 Å². The van der Waals surface area contributed by atoms with E-state index in [0.29, 0.717) is 29.5 Å².